The highest BCUT2D eigenvalue weighted by Crippen LogP contribution is 2.24. The minimum Gasteiger partial charge on any atom is -0.496 e. The van der Waals surface area contributed by atoms with Gasteiger partial charge in [0.25, 0.3) is 0 Å². The summed E-state index contributed by atoms with van der Waals surface area (Å²) in [7, 11) is 1.70. The van der Waals surface area contributed by atoms with E-state index in [9.17, 15) is 0 Å². The molecule has 0 amide bonds. The number of terminal acetylenes is 2. The summed E-state index contributed by atoms with van der Waals surface area (Å²) in [6.45, 7) is 2.47. The fourth-order valence-electron chi connectivity index (χ4n) is 3.09. The molecule has 0 spiro atoms. The Bertz CT molecular complexity index is 878. The van der Waals surface area contributed by atoms with Crippen molar-refractivity contribution in [3.05, 3.63) is 64.7 Å². The van der Waals surface area contributed by atoms with Crippen LogP contribution in [0.25, 0.3) is 6.08 Å². The van der Waals surface area contributed by atoms with Gasteiger partial charge in [0.15, 0.2) is 0 Å². The molecule has 2 nitrogen and oxygen atoms in total. The number of benzene rings is 2. The van der Waals surface area contributed by atoms with Crippen molar-refractivity contribution in [2.45, 2.75) is 39.0 Å². The van der Waals surface area contributed by atoms with Crippen molar-refractivity contribution in [1.82, 2.24) is 0 Å². The third kappa shape index (κ3) is 6.26. The van der Waals surface area contributed by atoms with Gasteiger partial charge in [-0.2, -0.15) is 0 Å². The summed E-state index contributed by atoms with van der Waals surface area (Å²) in [6.07, 6.45) is 19.4. The van der Waals surface area contributed by atoms with Crippen molar-refractivity contribution >= 4 is 6.08 Å². The lowest BCUT2D eigenvalue weighted by molar-refractivity contribution is 0.366. The molecule has 0 radical (unpaired) electrons. The van der Waals surface area contributed by atoms with Crippen molar-refractivity contribution in [2.24, 2.45) is 0 Å². The third-order valence-electron chi connectivity index (χ3n) is 4.47. The summed E-state index contributed by atoms with van der Waals surface area (Å²) >= 11 is 0. The van der Waals surface area contributed by atoms with E-state index in [1.807, 2.05) is 6.07 Å². The molecule has 0 saturated carbocycles. The second-order valence-electron chi connectivity index (χ2n) is 6.57. The van der Waals surface area contributed by atoms with Crippen LogP contribution in [0.1, 0.15) is 42.0 Å². The fraction of sp³-hybridized carbons (Fsp3) is 0.308. The van der Waals surface area contributed by atoms with E-state index in [1.54, 1.807) is 7.11 Å². The van der Waals surface area contributed by atoms with E-state index >= 15 is 0 Å². The summed E-state index contributed by atoms with van der Waals surface area (Å²) < 4.78 is 11.2. The maximum absolute atomic E-state index is 5.65. The molecule has 0 aliphatic rings. The topological polar surface area (TPSA) is 18.5 Å². The maximum atomic E-state index is 5.65. The quantitative estimate of drug-likeness (QED) is 0.514. The standard InChI is InChI=1S/C26H28O2/c1-5-8-13-23-16-14-22(20-26(23)27-4)12-9-11-21-15-17-25(28-18-7-3)24(19-21)10-6-2/h1,3,9,12,14-17,19-20H,6,8,10-11,13,18H2,2,4H3/b12-9+. The Hall–Kier alpha value is -3.10. The van der Waals surface area contributed by atoms with Crippen LogP contribution >= 0.6 is 0 Å². The maximum Gasteiger partial charge on any atom is 0.148 e. The van der Waals surface area contributed by atoms with Crippen LogP contribution in [0.3, 0.4) is 0 Å². The zero-order valence-corrected chi connectivity index (χ0v) is 16.8. The van der Waals surface area contributed by atoms with Crippen LogP contribution in [0.4, 0.5) is 0 Å². The zero-order valence-electron chi connectivity index (χ0n) is 16.8. The second-order valence-corrected chi connectivity index (χ2v) is 6.57. The lowest BCUT2D eigenvalue weighted by atomic mass is 10.0. The summed E-state index contributed by atoms with van der Waals surface area (Å²) in [4.78, 5) is 0. The highest BCUT2D eigenvalue weighted by molar-refractivity contribution is 5.54. The predicted molar refractivity (Wildman–Crippen MR) is 118 cm³/mol. The van der Waals surface area contributed by atoms with Gasteiger partial charge < -0.3 is 9.47 Å². The van der Waals surface area contributed by atoms with Crippen molar-refractivity contribution < 1.29 is 9.47 Å². The molecular weight excluding hydrogens is 344 g/mol. The zero-order chi connectivity index (χ0) is 20.2. The monoisotopic (exact) mass is 372 g/mol. The molecule has 0 aromatic heterocycles. The molecule has 0 saturated heterocycles. The molecule has 0 bridgehead atoms. The summed E-state index contributed by atoms with van der Waals surface area (Å²) in [5.41, 5.74) is 4.72. The molecule has 0 aliphatic carbocycles. The molecule has 2 rings (SSSR count). The number of rotatable bonds is 10. The lowest BCUT2D eigenvalue weighted by Gasteiger charge is -2.11. The molecular formula is C26H28O2. The van der Waals surface area contributed by atoms with Crippen LogP contribution in [0.2, 0.25) is 0 Å². The van der Waals surface area contributed by atoms with E-state index in [0.29, 0.717) is 13.0 Å². The highest BCUT2D eigenvalue weighted by Gasteiger charge is 2.05. The number of aryl methyl sites for hydroxylation is 2. The van der Waals surface area contributed by atoms with Crippen molar-refractivity contribution in [3.8, 4) is 36.2 Å². The number of methoxy groups -OCH3 is 1. The summed E-state index contributed by atoms with van der Waals surface area (Å²) in [5.74, 6) is 6.97. The fourth-order valence-corrected chi connectivity index (χ4v) is 3.09. The minimum atomic E-state index is 0.301. The molecule has 2 aromatic carbocycles. The van der Waals surface area contributed by atoms with Gasteiger partial charge in [-0.1, -0.05) is 55.7 Å². The first-order valence-electron chi connectivity index (χ1n) is 9.66. The minimum absolute atomic E-state index is 0.301. The highest BCUT2D eigenvalue weighted by atomic mass is 16.5. The van der Waals surface area contributed by atoms with Gasteiger partial charge in [0, 0.05) is 6.42 Å². The smallest absolute Gasteiger partial charge is 0.148 e. The van der Waals surface area contributed by atoms with E-state index in [0.717, 1.165) is 48.3 Å². The van der Waals surface area contributed by atoms with Gasteiger partial charge in [-0.25, -0.2) is 0 Å². The van der Waals surface area contributed by atoms with E-state index in [-0.39, 0.29) is 0 Å². The molecule has 0 atom stereocenters. The first-order chi connectivity index (χ1) is 13.7. The normalized spacial score (nSPS) is 10.4. The van der Waals surface area contributed by atoms with Gasteiger partial charge in [0.05, 0.1) is 7.11 Å². The lowest BCUT2D eigenvalue weighted by Crippen LogP contribution is -1.99. The Morgan fingerprint density at radius 2 is 1.82 bits per heavy atom. The first kappa shape index (κ1) is 21.2. The van der Waals surface area contributed by atoms with E-state index in [4.69, 9.17) is 22.3 Å². The molecule has 2 aromatic rings. The van der Waals surface area contributed by atoms with Crippen molar-refractivity contribution in [2.75, 3.05) is 13.7 Å². The Morgan fingerprint density at radius 3 is 2.54 bits per heavy atom. The first-order valence-corrected chi connectivity index (χ1v) is 9.66. The molecule has 0 unspecified atom stereocenters. The van der Waals surface area contributed by atoms with Crippen LogP contribution < -0.4 is 9.47 Å². The van der Waals surface area contributed by atoms with Gasteiger partial charge in [-0.3, -0.25) is 0 Å². The van der Waals surface area contributed by atoms with Crippen LogP contribution in [0.5, 0.6) is 11.5 Å². The molecule has 0 fully saturated rings. The van der Waals surface area contributed by atoms with Gasteiger partial charge in [-0.15, -0.1) is 18.8 Å². The third-order valence-corrected chi connectivity index (χ3v) is 4.47. The molecule has 0 heterocycles. The van der Waals surface area contributed by atoms with Gasteiger partial charge >= 0.3 is 0 Å². The number of allylic oxidation sites excluding steroid dienone is 1. The summed E-state index contributed by atoms with van der Waals surface area (Å²) in [5, 5.41) is 0. The average Bonchev–Trinajstić information content (AvgIpc) is 2.72. The van der Waals surface area contributed by atoms with Crippen molar-refractivity contribution in [3.63, 3.8) is 0 Å². The van der Waals surface area contributed by atoms with Gasteiger partial charge in [-0.05, 0) is 53.6 Å². The molecule has 0 N–H and O–H groups in total. The summed E-state index contributed by atoms with van der Waals surface area (Å²) in [6, 6.07) is 12.6. The SMILES string of the molecule is C#CCCc1ccc(/C=C/Cc2ccc(OCC#C)c(CCC)c2)cc1OC. The van der Waals surface area contributed by atoms with Crippen LogP contribution in [-0.4, -0.2) is 13.7 Å². The Morgan fingerprint density at radius 1 is 0.964 bits per heavy atom. The number of hydrogen-bond donors (Lipinski definition) is 0. The van der Waals surface area contributed by atoms with E-state index in [1.165, 1.54) is 11.1 Å². The molecule has 28 heavy (non-hydrogen) atoms. The Kier molecular flexibility index (Phi) is 8.77. The van der Waals surface area contributed by atoms with Gasteiger partial charge in [0.2, 0.25) is 0 Å². The molecule has 0 aliphatic heterocycles. The molecule has 2 heteroatoms. The van der Waals surface area contributed by atoms with Crippen LogP contribution in [-0.2, 0) is 19.3 Å². The number of ether oxygens (including phenoxy) is 2. The van der Waals surface area contributed by atoms with E-state index in [2.05, 4.69) is 61.2 Å². The largest absolute Gasteiger partial charge is 0.496 e. The second kappa shape index (κ2) is 11.6. The average molecular weight is 373 g/mol. The predicted octanol–water partition coefficient (Wildman–Crippen LogP) is 5.48. The van der Waals surface area contributed by atoms with Crippen molar-refractivity contribution in [1.29, 1.82) is 0 Å². The van der Waals surface area contributed by atoms with Gasteiger partial charge in [0.1, 0.15) is 18.1 Å². The van der Waals surface area contributed by atoms with Crippen LogP contribution in [0, 0.1) is 24.7 Å². The number of hydrogen-bond acceptors (Lipinski definition) is 2. The van der Waals surface area contributed by atoms with E-state index < -0.39 is 0 Å². The Balaban J connectivity index is 2.08. The Labute approximate surface area is 169 Å². The molecule has 144 valence electrons. The van der Waals surface area contributed by atoms with Crippen LogP contribution in [0.15, 0.2) is 42.5 Å².